The topological polar surface area (TPSA) is 35.8 Å². The molecule has 46 valence electrons. The molecule has 0 saturated heterocycles. The number of nitrogens with zero attached hydrogens (tertiary/aromatic N) is 1. The maximum absolute atomic E-state index is 8.11. The van der Waals surface area contributed by atoms with E-state index in [1.807, 2.05) is 23.7 Å². The van der Waals surface area contributed by atoms with Crippen LogP contribution >= 0.6 is 11.3 Å². The summed E-state index contributed by atoms with van der Waals surface area (Å²) in [5.74, 6) is 0. The van der Waals surface area contributed by atoms with E-state index < -0.39 is 0 Å². The van der Waals surface area contributed by atoms with E-state index in [1.165, 1.54) is 4.88 Å². The second kappa shape index (κ2) is 3.10. The predicted molar refractivity (Wildman–Crippen MR) is 36.8 cm³/mol. The van der Waals surface area contributed by atoms with E-state index in [2.05, 4.69) is 5.32 Å². The molecular formula is C6H6N2S. The predicted octanol–water partition coefficient (Wildman–Crippen LogP) is 1.32. The Morgan fingerprint density at radius 1 is 1.78 bits per heavy atom. The van der Waals surface area contributed by atoms with Crippen molar-refractivity contribution in [1.82, 2.24) is 5.32 Å². The summed E-state index contributed by atoms with van der Waals surface area (Å²) in [5.41, 5.74) is 0. The monoisotopic (exact) mass is 138 g/mol. The van der Waals surface area contributed by atoms with Gasteiger partial charge >= 0.3 is 0 Å². The smallest absolute Gasteiger partial charge is 0.176 e. The fourth-order valence-corrected chi connectivity index (χ4v) is 1.18. The van der Waals surface area contributed by atoms with Crippen LogP contribution < -0.4 is 5.32 Å². The Morgan fingerprint density at radius 2 is 2.67 bits per heavy atom. The quantitative estimate of drug-likeness (QED) is 0.494. The summed E-state index contributed by atoms with van der Waals surface area (Å²) in [6.07, 6.45) is 1.86. The van der Waals surface area contributed by atoms with Crippen molar-refractivity contribution in [2.45, 2.75) is 6.54 Å². The lowest BCUT2D eigenvalue weighted by atomic mass is 10.5. The van der Waals surface area contributed by atoms with Crippen LogP contribution in [0.3, 0.4) is 0 Å². The molecule has 0 atom stereocenters. The maximum atomic E-state index is 8.11. The minimum absolute atomic E-state index is 0.661. The molecule has 1 heterocycles. The zero-order valence-electron chi connectivity index (χ0n) is 4.79. The molecular weight excluding hydrogens is 132 g/mol. The molecule has 0 aliphatic carbocycles. The molecule has 0 fully saturated rings. The van der Waals surface area contributed by atoms with Crippen molar-refractivity contribution in [3.05, 3.63) is 22.4 Å². The highest BCUT2D eigenvalue weighted by Crippen LogP contribution is 2.06. The van der Waals surface area contributed by atoms with Crippen LogP contribution in [0.5, 0.6) is 0 Å². The lowest BCUT2D eigenvalue weighted by Gasteiger charge is -1.88. The number of hydrogen-bond acceptors (Lipinski definition) is 3. The molecule has 0 aliphatic heterocycles. The van der Waals surface area contributed by atoms with Crippen LogP contribution in [0, 0.1) is 11.5 Å². The zero-order valence-corrected chi connectivity index (χ0v) is 5.61. The van der Waals surface area contributed by atoms with E-state index in [-0.39, 0.29) is 0 Å². The molecule has 1 N–H and O–H groups in total. The minimum Gasteiger partial charge on any atom is -0.319 e. The van der Waals surface area contributed by atoms with E-state index in [9.17, 15) is 0 Å². The number of hydrogen-bond donors (Lipinski definition) is 1. The molecule has 1 aromatic rings. The van der Waals surface area contributed by atoms with Crippen molar-refractivity contribution in [2.75, 3.05) is 0 Å². The maximum Gasteiger partial charge on any atom is 0.176 e. The molecule has 1 rings (SSSR count). The highest BCUT2D eigenvalue weighted by Gasteiger charge is 1.88. The van der Waals surface area contributed by atoms with Gasteiger partial charge in [-0.05, 0) is 11.4 Å². The summed E-state index contributed by atoms with van der Waals surface area (Å²) in [6.45, 7) is 0.661. The molecule has 0 radical (unpaired) electrons. The van der Waals surface area contributed by atoms with E-state index in [4.69, 9.17) is 5.26 Å². The Hall–Kier alpha value is -1.01. The molecule has 0 aliphatic rings. The molecule has 0 aromatic carbocycles. The third-order valence-corrected chi connectivity index (χ3v) is 1.80. The lowest BCUT2D eigenvalue weighted by molar-refractivity contribution is 0.901. The second-order valence-electron chi connectivity index (χ2n) is 1.54. The third-order valence-electron chi connectivity index (χ3n) is 0.922. The Balaban J connectivity index is 2.41. The van der Waals surface area contributed by atoms with Crippen molar-refractivity contribution in [3.63, 3.8) is 0 Å². The summed E-state index contributed by atoms with van der Waals surface area (Å²) in [5, 5.41) is 12.7. The van der Waals surface area contributed by atoms with E-state index >= 15 is 0 Å². The van der Waals surface area contributed by atoms with E-state index in [0.29, 0.717) is 6.54 Å². The fraction of sp³-hybridized carbons (Fsp3) is 0.167. The molecule has 0 saturated carbocycles. The van der Waals surface area contributed by atoms with Crippen molar-refractivity contribution < 1.29 is 0 Å². The van der Waals surface area contributed by atoms with E-state index in [1.54, 1.807) is 11.3 Å². The van der Waals surface area contributed by atoms with Crippen LogP contribution in [0.2, 0.25) is 0 Å². The van der Waals surface area contributed by atoms with Gasteiger partial charge in [0.25, 0.3) is 0 Å². The second-order valence-corrected chi connectivity index (χ2v) is 2.58. The lowest BCUT2D eigenvalue weighted by Crippen LogP contribution is -2.01. The van der Waals surface area contributed by atoms with Crippen LogP contribution in [0.1, 0.15) is 4.88 Å². The first-order chi connectivity index (χ1) is 4.43. The summed E-state index contributed by atoms with van der Waals surface area (Å²) >= 11 is 1.65. The molecule has 3 heteroatoms. The van der Waals surface area contributed by atoms with Gasteiger partial charge in [0.05, 0.1) is 6.54 Å². The fourth-order valence-electron chi connectivity index (χ4n) is 0.540. The average Bonchev–Trinajstić information content (AvgIpc) is 2.34. The zero-order chi connectivity index (χ0) is 6.53. The van der Waals surface area contributed by atoms with Crippen molar-refractivity contribution >= 4 is 11.3 Å². The van der Waals surface area contributed by atoms with Gasteiger partial charge in [-0.1, -0.05) is 6.07 Å². The number of nitrogens with one attached hydrogen (secondary N) is 1. The minimum atomic E-state index is 0.661. The van der Waals surface area contributed by atoms with Gasteiger partial charge < -0.3 is 5.32 Å². The van der Waals surface area contributed by atoms with Crippen molar-refractivity contribution in [2.24, 2.45) is 0 Å². The first-order valence-corrected chi connectivity index (χ1v) is 3.46. The molecule has 0 spiro atoms. The van der Waals surface area contributed by atoms with Gasteiger partial charge in [0.2, 0.25) is 0 Å². The largest absolute Gasteiger partial charge is 0.319 e. The first-order valence-electron chi connectivity index (χ1n) is 2.58. The van der Waals surface area contributed by atoms with Crippen LogP contribution in [-0.2, 0) is 6.54 Å². The number of rotatable bonds is 2. The Bertz CT molecular complexity index is 197. The molecule has 1 aromatic heterocycles. The summed E-state index contributed by atoms with van der Waals surface area (Å²) < 4.78 is 0. The van der Waals surface area contributed by atoms with Crippen LogP contribution in [0.25, 0.3) is 0 Å². The SMILES string of the molecule is N#CNCc1cccs1. The summed E-state index contributed by atoms with van der Waals surface area (Å²) in [6, 6.07) is 3.97. The van der Waals surface area contributed by atoms with Gasteiger partial charge in [-0.25, -0.2) is 0 Å². The highest BCUT2D eigenvalue weighted by molar-refractivity contribution is 7.09. The average molecular weight is 138 g/mol. The van der Waals surface area contributed by atoms with Gasteiger partial charge in [0, 0.05) is 4.88 Å². The number of thiophene rings is 1. The Labute approximate surface area is 57.7 Å². The van der Waals surface area contributed by atoms with Crippen LogP contribution in [0.4, 0.5) is 0 Å². The summed E-state index contributed by atoms with van der Waals surface area (Å²) in [4.78, 5) is 1.19. The number of nitriles is 1. The van der Waals surface area contributed by atoms with Gasteiger partial charge in [0.1, 0.15) is 0 Å². The Morgan fingerprint density at radius 3 is 3.22 bits per heavy atom. The van der Waals surface area contributed by atoms with Crippen LogP contribution in [-0.4, -0.2) is 0 Å². The van der Waals surface area contributed by atoms with Gasteiger partial charge in [-0.2, -0.15) is 5.26 Å². The standard InChI is InChI=1S/C6H6N2S/c7-5-8-4-6-2-1-3-9-6/h1-3,8H,4H2. The van der Waals surface area contributed by atoms with Crippen molar-refractivity contribution in [3.8, 4) is 6.19 Å². The van der Waals surface area contributed by atoms with Crippen LogP contribution in [0.15, 0.2) is 17.5 Å². The highest BCUT2D eigenvalue weighted by atomic mass is 32.1. The molecule has 0 amide bonds. The first kappa shape index (κ1) is 6.12. The molecule has 9 heavy (non-hydrogen) atoms. The Kier molecular flexibility index (Phi) is 2.11. The molecule has 0 unspecified atom stereocenters. The van der Waals surface area contributed by atoms with Gasteiger partial charge in [0.15, 0.2) is 6.19 Å². The van der Waals surface area contributed by atoms with Gasteiger partial charge in [-0.15, -0.1) is 11.3 Å². The summed E-state index contributed by atoms with van der Waals surface area (Å²) in [7, 11) is 0. The molecule has 2 nitrogen and oxygen atoms in total. The molecule has 0 bridgehead atoms. The van der Waals surface area contributed by atoms with E-state index in [0.717, 1.165) is 0 Å². The van der Waals surface area contributed by atoms with Gasteiger partial charge in [-0.3, -0.25) is 0 Å². The van der Waals surface area contributed by atoms with Crippen molar-refractivity contribution in [1.29, 1.82) is 5.26 Å². The third kappa shape index (κ3) is 1.74. The normalized spacial score (nSPS) is 8.33.